The van der Waals surface area contributed by atoms with Crippen LogP contribution in [0.2, 0.25) is 0 Å². The number of fused-ring (bicyclic) bond motifs is 3. The van der Waals surface area contributed by atoms with E-state index in [4.69, 9.17) is 5.73 Å². The van der Waals surface area contributed by atoms with Crippen LogP contribution in [0.1, 0.15) is 72.9 Å². The summed E-state index contributed by atoms with van der Waals surface area (Å²) in [7, 11) is 3.16. The maximum absolute atomic E-state index is 14.0. The van der Waals surface area contributed by atoms with Gasteiger partial charge in [-0.05, 0) is 74.4 Å². The predicted molar refractivity (Wildman–Crippen MR) is 153 cm³/mol. The smallest absolute Gasteiger partial charge is 0.235 e. The molecule has 3 saturated carbocycles. The van der Waals surface area contributed by atoms with Gasteiger partial charge < -0.3 is 15.9 Å². The number of ketones is 4. The van der Waals surface area contributed by atoms with Gasteiger partial charge in [-0.15, -0.1) is 0 Å². The number of aromatic hydroxyl groups is 1. The second-order valence-corrected chi connectivity index (χ2v) is 13.2. The lowest BCUT2D eigenvalue weighted by Gasteiger charge is -2.52. The molecule has 0 aromatic heterocycles. The van der Waals surface area contributed by atoms with Crippen LogP contribution in [0.15, 0.2) is 29.9 Å². The minimum Gasteiger partial charge on any atom is -0.507 e. The molecule has 9 nitrogen and oxygen atoms in total. The highest BCUT2D eigenvalue weighted by Gasteiger charge is 2.69. The van der Waals surface area contributed by atoms with Gasteiger partial charge in [0.1, 0.15) is 5.75 Å². The molecule has 42 heavy (non-hydrogen) atoms. The number of Topliss-reactive ketones (excluding diaryl/α,β-unsaturated/α-hetero) is 4. The van der Waals surface area contributed by atoms with Crippen molar-refractivity contribution in [1.29, 1.82) is 0 Å². The van der Waals surface area contributed by atoms with Crippen LogP contribution in [0.3, 0.4) is 0 Å². The van der Waals surface area contributed by atoms with Crippen molar-refractivity contribution < 1.29 is 34.2 Å². The average Bonchev–Trinajstić information content (AvgIpc) is 3.39. The third-order valence-electron chi connectivity index (χ3n) is 10.5. The summed E-state index contributed by atoms with van der Waals surface area (Å²) in [6.45, 7) is 0. The molecule has 0 spiro atoms. The molecule has 0 radical (unpaired) electrons. The first kappa shape index (κ1) is 28.7. The number of carbonyl (C=O) groups is 5. The summed E-state index contributed by atoms with van der Waals surface area (Å²) in [5.41, 5.74) is 6.64. The number of phenolic OH excluding ortho intramolecular Hbond substituents is 1. The summed E-state index contributed by atoms with van der Waals surface area (Å²) in [5, 5.41) is 22.6. The van der Waals surface area contributed by atoms with Crippen molar-refractivity contribution >= 4 is 34.6 Å². The highest BCUT2D eigenvalue weighted by atomic mass is 16.3. The standard InChI is InChI=1S/C33H38N2O7/c1-35(2)27-22-15-19-14-21-20(18-9-8-17(13-18)12-16-6-4-3-5-7-16)10-11-23(36)25(21)28(37)24(19)30(39)33(22,42)31(40)26(29(27)38)32(34)41/h8-11,16,19,22,24,26-27,36,42H,3-7,12-15H2,1-2H3,(H2,34,41)/t19-,22-,24?,26?,27-,33-/m0/s1. The van der Waals surface area contributed by atoms with Crippen molar-refractivity contribution in [2.45, 2.75) is 69.4 Å². The summed E-state index contributed by atoms with van der Waals surface area (Å²) in [6.07, 6.45) is 12.7. The van der Waals surface area contributed by atoms with Crippen LogP contribution in [0.5, 0.6) is 5.75 Å². The number of nitrogens with zero attached hydrogens (tertiary/aromatic N) is 1. The van der Waals surface area contributed by atoms with E-state index >= 15 is 0 Å². The van der Waals surface area contributed by atoms with Crippen molar-refractivity contribution in [3.63, 3.8) is 0 Å². The number of nitrogens with two attached hydrogens (primary N) is 1. The molecule has 222 valence electrons. The van der Waals surface area contributed by atoms with Crippen molar-refractivity contribution in [3.05, 3.63) is 46.5 Å². The van der Waals surface area contributed by atoms with Crippen LogP contribution in [0.4, 0.5) is 0 Å². The van der Waals surface area contributed by atoms with Crippen LogP contribution in [-0.2, 0) is 25.6 Å². The van der Waals surface area contributed by atoms with E-state index in [9.17, 15) is 34.2 Å². The highest BCUT2D eigenvalue weighted by Crippen LogP contribution is 2.52. The van der Waals surface area contributed by atoms with Crippen LogP contribution in [0.25, 0.3) is 5.57 Å². The summed E-state index contributed by atoms with van der Waals surface area (Å²) < 4.78 is 0. The summed E-state index contributed by atoms with van der Waals surface area (Å²) in [4.78, 5) is 68.3. The van der Waals surface area contributed by atoms with Crippen molar-refractivity contribution in [2.24, 2.45) is 35.3 Å². The molecular formula is C33H38N2O7. The Labute approximate surface area is 244 Å². The second kappa shape index (κ2) is 10.4. The van der Waals surface area contributed by atoms with E-state index in [0.717, 1.165) is 24.0 Å². The topological polar surface area (TPSA) is 155 Å². The molecule has 0 saturated heterocycles. The molecule has 5 aliphatic carbocycles. The number of rotatable bonds is 5. The summed E-state index contributed by atoms with van der Waals surface area (Å²) >= 11 is 0. The van der Waals surface area contributed by atoms with E-state index in [1.807, 2.05) is 6.07 Å². The quantitative estimate of drug-likeness (QED) is 0.453. The Hall–Kier alpha value is -3.43. The van der Waals surface area contributed by atoms with Crippen LogP contribution in [0, 0.1) is 29.6 Å². The number of phenols is 1. The maximum atomic E-state index is 14.0. The SMILES string of the molecule is CN(C)[C@@H]1C(=O)C(C(N)=O)C(=O)[C@@]2(O)C(=O)C3C(=O)c4c(O)ccc(C5=CC=C(CC6CCCCC6)C5)c4C[C@H]3C[C@@H]12. The van der Waals surface area contributed by atoms with E-state index in [1.165, 1.54) is 48.6 Å². The Kier molecular flexibility index (Phi) is 7.09. The van der Waals surface area contributed by atoms with E-state index < -0.39 is 64.4 Å². The van der Waals surface area contributed by atoms with Gasteiger partial charge in [-0.3, -0.25) is 28.9 Å². The second-order valence-electron chi connectivity index (χ2n) is 13.2. The van der Waals surface area contributed by atoms with Gasteiger partial charge in [0.25, 0.3) is 0 Å². The van der Waals surface area contributed by atoms with E-state index in [0.29, 0.717) is 11.5 Å². The first-order valence-electron chi connectivity index (χ1n) is 15.0. The number of hydrogen-bond donors (Lipinski definition) is 3. The number of benzene rings is 1. The summed E-state index contributed by atoms with van der Waals surface area (Å²) in [6, 6.07) is 2.17. The van der Waals surface area contributed by atoms with Crippen LogP contribution in [-0.4, -0.2) is 69.9 Å². The van der Waals surface area contributed by atoms with E-state index in [1.54, 1.807) is 14.1 Å². The zero-order valence-electron chi connectivity index (χ0n) is 24.1. The minimum absolute atomic E-state index is 0.0423. The molecular weight excluding hydrogens is 536 g/mol. The fraction of sp³-hybridized carbons (Fsp3) is 0.545. The molecule has 1 amide bonds. The molecule has 9 heteroatoms. The Morgan fingerprint density at radius 3 is 2.43 bits per heavy atom. The highest BCUT2D eigenvalue weighted by molar-refractivity contribution is 6.32. The van der Waals surface area contributed by atoms with Gasteiger partial charge in [0, 0.05) is 5.92 Å². The fourth-order valence-electron chi connectivity index (χ4n) is 8.57. The number of allylic oxidation sites excluding steroid dienone is 4. The first-order valence-corrected chi connectivity index (χ1v) is 15.0. The molecule has 3 fully saturated rings. The Bertz CT molecular complexity index is 1470. The Balaban J connectivity index is 1.34. The van der Waals surface area contributed by atoms with Crippen molar-refractivity contribution in [3.8, 4) is 5.75 Å². The lowest BCUT2D eigenvalue weighted by atomic mass is 9.52. The van der Waals surface area contributed by atoms with E-state index in [2.05, 4.69) is 12.2 Å². The number of aliphatic hydroxyl groups is 1. The molecule has 6 rings (SSSR count). The van der Waals surface area contributed by atoms with Gasteiger partial charge in [0.15, 0.2) is 34.7 Å². The largest absolute Gasteiger partial charge is 0.507 e. The first-order chi connectivity index (χ1) is 19.9. The van der Waals surface area contributed by atoms with Crippen molar-refractivity contribution in [1.82, 2.24) is 4.90 Å². The van der Waals surface area contributed by atoms with Crippen LogP contribution >= 0.6 is 0 Å². The lowest BCUT2D eigenvalue weighted by Crippen LogP contribution is -2.74. The van der Waals surface area contributed by atoms with Gasteiger partial charge in [-0.2, -0.15) is 0 Å². The zero-order valence-corrected chi connectivity index (χ0v) is 24.1. The van der Waals surface area contributed by atoms with E-state index in [-0.39, 0.29) is 24.2 Å². The number of likely N-dealkylation sites (N-methyl/N-ethyl adjacent to an activating group) is 1. The predicted octanol–water partition coefficient (Wildman–Crippen LogP) is 2.55. The molecule has 1 aromatic carbocycles. The molecule has 5 aliphatic rings. The molecule has 0 aliphatic heterocycles. The fourth-order valence-corrected chi connectivity index (χ4v) is 8.57. The van der Waals surface area contributed by atoms with Gasteiger partial charge in [0.2, 0.25) is 5.91 Å². The normalized spacial score (nSPS) is 33.2. The summed E-state index contributed by atoms with van der Waals surface area (Å²) in [5.74, 6) is -9.54. The number of hydrogen-bond acceptors (Lipinski definition) is 8. The monoisotopic (exact) mass is 574 g/mol. The lowest BCUT2D eigenvalue weighted by molar-refractivity contribution is -0.181. The molecule has 6 atom stereocenters. The van der Waals surface area contributed by atoms with Crippen molar-refractivity contribution in [2.75, 3.05) is 14.1 Å². The molecule has 4 N–H and O–H groups in total. The number of carbonyl (C=O) groups excluding carboxylic acids is 5. The Morgan fingerprint density at radius 2 is 1.76 bits per heavy atom. The van der Waals surface area contributed by atoms with Gasteiger partial charge in [-0.1, -0.05) is 55.9 Å². The average molecular weight is 575 g/mol. The maximum Gasteiger partial charge on any atom is 0.235 e. The zero-order chi connectivity index (χ0) is 30.1. The van der Waals surface area contributed by atoms with Gasteiger partial charge in [-0.25, -0.2) is 0 Å². The molecule has 1 aromatic rings. The van der Waals surface area contributed by atoms with Gasteiger partial charge in [0.05, 0.1) is 17.5 Å². The van der Waals surface area contributed by atoms with Crippen LogP contribution < -0.4 is 5.73 Å². The number of primary amides is 1. The third-order valence-corrected chi connectivity index (χ3v) is 10.5. The number of amides is 1. The molecule has 0 bridgehead atoms. The Morgan fingerprint density at radius 1 is 1.05 bits per heavy atom. The third kappa shape index (κ3) is 4.23. The minimum atomic E-state index is -2.71. The molecule has 2 unspecified atom stereocenters. The molecule has 0 heterocycles. The van der Waals surface area contributed by atoms with Gasteiger partial charge >= 0.3 is 0 Å².